The Hall–Kier alpha value is -0.220. The van der Waals surface area contributed by atoms with Crippen molar-refractivity contribution in [1.82, 2.24) is 4.90 Å². The molecule has 0 spiro atoms. The van der Waals surface area contributed by atoms with Gasteiger partial charge in [0, 0.05) is 6.54 Å². The second-order valence-corrected chi connectivity index (χ2v) is 3.86. The van der Waals surface area contributed by atoms with E-state index >= 15 is 0 Å². The Balaban J connectivity index is 2.31. The third-order valence-corrected chi connectivity index (χ3v) is 2.70. The Morgan fingerprint density at radius 1 is 1.54 bits per heavy atom. The van der Waals surface area contributed by atoms with Crippen LogP contribution in [0, 0.1) is 5.92 Å². The van der Waals surface area contributed by atoms with Gasteiger partial charge in [-0.3, -0.25) is 4.90 Å². The Bertz CT molecular complexity index is 162. The Morgan fingerprint density at radius 3 is 2.69 bits per heavy atom. The summed E-state index contributed by atoms with van der Waals surface area (Å²) < 4.78 is 25.7. The number of likely N-dealkylation sites (tertiary alicyclic amines) is 1. The summed E-state index contributed by atoms with van der Waals surface area (Å²) in [6.45, 7) is 3.01. The van der Waals surface area contributed by atoms with Crippen LogP contribution in [-0.2, 0) is 0 Å². The van der Waals surface area contributed by atoms with Crippen LogP contribution < -0.4 is 5.73 Å². The van der Waals surface area contributed by atoms with Crippen molar-refractivity contribution < 1.29 is 8.78 Å². The van der Waals surface area contributed by atoms with Crippen LogP contribution in [0.15, 0.2) is 0 Å². The van der Waals surface area contributed by atoms with Gasteiger partial charge in [0.15, 0.2) is 0 Å². The van der Waals surface area contributed by atoms with Crippen LogP contribution in [0.5, 0.6) is 0 Å². The topological polar surface area (TPSA) is 29.3 Å². The zero-order valence-electron chi connectivity index (χ0n) is 8.10. The highest BCUT2D eigenvalue weighted by atomic mass is 19.3. The quantitative estimate of drug-likeness (QED) is 0.727. The van der Waals surface area contributed by atoms with E-state index in [4.69, 9.17) is 5.73 Å². The Kier molecular flexibility index (Phi) is 3.62. The number of halogens is 2. The number of alkyl halides is 2. The van der Waals surface area contributed by atoms with Gasteiger partial charge in [0.05, 0.1) is 13.1 Å². The fourth-order valence-electron chi connectivity index (χ4n) is 1.78. The molecule has 1 heterocycles. The highest BCUT2D eigenvalue weighted by molar-refractivity contribution is 4.80. The largest absolute Gasteiger partial charge is 0.325 e. The lowest BCUT2D eigenvalue weighted by molar-refractivity contribution is -0.0188. The summed E-state index contributed by atoms with van der Waals surface area (Å²) >= 11 is 0. The van der Waals surface area contributed by atoms with E-state index in [0.29, 0.717) is 5.92 Å². The molecule has 78 valence electrons. The van der Waals surface area contributed by atoms with E-state index in [1.54, 1.807) is 0 Å². The van der Waals surface area contributed by atoms with Crippen LogP contribution in [-0.4, -0.2) is 37.0 Å². The fraction of sp³-hybridized carbons (Fsp3) is 1.00. The third-order valence-electron chi connectivity index (χ3n) is 2.70. The summed E-state index contributed by atoms with van der Waals surface area (Å²) in [5.41, 5.74) is 4.97. The van der Waals surface area contributed by atoms with Crippen LogP contribution in [0.25, 0.3) is 0 Å². The molecule has 1 saturated heterocycles. The minimum absolute atomic E-state index is 0.167. The molecular formula is C9H18F2N2. The van der Waals surface area contributed by atoms with E-state index in [0.717, 1.165) is 25.9 Å². The molecule has 0 amide bonds. The lowest BCUT2D eigenvalue weighted by Gasteiger charge is -2.22. The minimum Gasteiger partial charge on any atom is -0.325 e. The molecule has 2 nitrogen and oxygen atoms in total. The molecule has 2 N–H and O–H groups in total. The maximum atomic E-state index is 12.9. The van der Waals surface area contributed by atoms with Crippen molar-refractivity contribution in [2.24, 2.45) is 11.7 Å². The normalized spacial score (nSPS) is 25.4. The molecule has 1 fully saturated rings. The van der Waals surface area contributed by atoms with Crippen molar-refractivity contribution in [3.63, 3.8) is 0 Å². The molecule has 4 heteroatoms. The molecule has 13 heavy (non-hydrogen) atoms. The summed E-state index contributed by atoms with van der Waals surface area (Å²) in [5.74, 6) is -2.10. The van der Waals surface area contributed by atoms with Crippen LogP contribution in [0.4, 0.5) is 8.78 Å². The molecule has 0 aliphatic carbocycles. The summed E-state index contributed by atoms with van der Waals surface area (Å²) in [7, 11) is 0. The molecule has 1 aliphatic rings. The van der Waals surface area contributed by atoms with Gasteiger partial charge >= 0.3 is 0 Å². The van der Waals surface area contributed by atoms with Gasteiger partial charge in [-0.15, -0.1) is 0 Å². The molecule has 1 aliphatic heterocycles. The zero-order valence-corrected chi connectivity index (χ0v) is 8.10. The lowest BCUT2D eigenvalue weighted by atomic mass is 10.1. The molecule has 0 aromatic carbocycles. The van der Waals surface area contributed by atoms with E-state index in [1.165, 1.54) is 0 Å². The van der Waals surface area contributed by atoms with Crippen molar-refractivity contribution in [3.8, 4) is 0 Å². The second kappa shape index (κ2) is 4.33. The average Bonchev–Trinajstić information content (AvgIpc) is 2.52. The first-order valence-electron chi connectivity index (χ1n) is 4.87. The van der Waals surface area contributed by atoms with Gasteiger partial charge in [0.2, 0.25) is 0 Å². The highest BCUT2D eigenvalue weighted by Crippen LogP contribution is 2.22. The Morgan fingerprint density at radius 2 is 2.23 bits per heavy atom. The van der Waals surface area contributed by atoms with Crippen molar-refractivity contribution in [3.05, 3.63) is 0 Å². The van der Waals surface area contributed by atoms with Gasteiger partial charge in [-0.1, -0.05) is 13.3 Å². The SMILES string of the molecule is CCC1CCN(CC(F)(F)CN)C1. The molecule has 1 unspecified atom stereocenters. The Labute approximate surface area is 78.1 Å². The van der Waals surface area contributed by atoms with Crippen molar-refractivity contribution in [2.75, 3.05) is 26.2 Å². The first kappa shape index (κ1) is 10.9. The number of hydrogen-bond acceptors (Lipinski definition) is 2. The molecule has 0 saturated carbocycles. The summed E-state index contributed by atoms with van der Waals surface area (Å²) in [6.07, 6.45) is 2.14. The van der Waals surface area contributed by atoms with E-state index in [1.807, 2.05) is 4.90 Å². The molecule has 1 atom stereocenters. The van der Waals surface area contributed by atoms with Crippen LogP contribution >= 0.6 is 0 Å². The monoisotopic (exact) mass is 192 g/mol. The van der Waals surface area contributed by atoms with Gasteiger partial charge in [0.25, 0.3) is 5.92 Å². The van der Waals surface area contributed by atoms with Gasteiger partial charge < -0.3 is 5.73 Å². The first-order valence-corrected chi connectivity index (χ1v) is 4.87. The number of nitrogens with zero attached hydrogens (tertiary/aromatic N) is 1. The van der Waals surface area contributed by atoms with E-state index in [-0.39, 0.29) is 6.54 Å². The maximum absolute atomic E-state index is 12.9. The van der Waals surface area contributed by atoms with E-state index in [2.05, 4.69) is 6.92 Å². The van der Waals surface area contributed by atoms with E-state index in [9.17, 15) is 8.78 Å². The predicted octanol–water partition coefficient (Wildman–Crippen LogP) is 1.31. The molecule has 0 radical (unpaired) electrons. The van der Waals surface area contributed by atoms with E-state index < -0.39 is 12.5 Å². The van der Waals surface area contributed by atoms with Crippen molar-refractivity contribution in [2.45, 2.75) is 25.7 Å². The highest BCUT2D eigenvalue weighted by Gasteiger charge is 2.32. The minimum atomic E-state index is -2.71. The van der Waals surface area contributed by atoms with Crippen LogP contribution in [0.1, 0.15) is 19.8 Å². The standard InChI is InChI=1S/C9H18F2N2/c1-2-8-3-4-13(5-8)7-9(10,11)6-12/h8H,2-7,12H2,1H3. The molecule has 0 aromatic heterocycles. The summed E-state index contributed by atoms with van der Waals surface area (Å²) in [4.78, 5) is 1.82. The number of hydrogen-bond donors (Lipinski definition) is 1. The van der Waals surface area contributed by atoms with Crippen LogP contribution in [0.2, 0.25) is 0 Å². The van der Waals surface area contributed by atoms with Crippen molar-refractivity contribution >= 4 is 0 Å². The van der Waals surface area contributed by atoms with Gasteiger partial charge in [-0.25, -0.2) is 8.78 Å². The van der Waals surface area contributed by atoms with Gasteiger partial charge in [0.1, 0.15) is 0 Å². The fourth-order valence-corrected chi connectivity index (χ4v) is 1.78. The third kappa shape index (κ3) is 3.19. The molecule has 0 aromatic rings. The zero-order chi connectivity index (χ0) is 9.90. The smallest absolute Gasteiger partial charge is 0.272 e. The number of rotatable bonds is 4. The van der Waals surface area contributed by atoms with Crippen LogP contribution in [0.3, 0.4) is 0 Å². The van der Waals surface area contributed by atoms with Crippen molar-refractivity contribution in [1.29, 1.82) is 0 Å². The maximum Gasteiger partial charge on any atom is 0.272 e. The first-order chi connectivity index (χ1) is 6.07. The summed E-state index contributed by atoms with van der Waals surface area (Å²) in [6, 6.07) is 0. The molecular weight excluding hydrogens is 174 g/mol. The van der Waals surface area contributed by atoms with Gasteiger partial charge in [-0.05, 0) is 18.9 Å². The second-order valence-electron chi connectivity index (χ2n) is 3.86. The van der Waals surface area contributed by atoms with Gasteiger partial charge in [-0.2, -0.15) is 0 Å². The average molecular weight is 192 g/mol. The number of nitrogens with two attached hydrogens (primary N) is 1. The predicted molar refractivity (Wildman–Crippen MR) is 48.8 cm³/mol. The summed E-state index contributed by atoms with van der Waals surface area (Å²) in [5, 5.41) is 0. The molecule has 0 bridgehead atoms. The molecule has 1 rings (SSSR count). The lowest BCUT2D eigenvalue weighted by Crippen LogP contribution is -2.40.